The number of carbonyl (C=O) groups excluding carboxylic acids is 2. The normalized spacial score (nSPS) is 32.6. The van der Waals surface area contributed by atoms with Crippen LogP contribution in [0.4, 0.5) is 4.79 Å². The molecule has 2 fully saturated rings. The first-order chi connectivity index (χ1) is 9.93. The topological polar surface area (TPSA) is 61.4 Å². The van der Waals surface area contributed by atoms with Crippen LogP contribution in [0.15, 0.2) is 12.2 Å². The predicted octanol–water partition coefficient (Wildman–Crippen LogP) is 1.90. The van der Waals surface area contributed by atoms with Crippen molar-refractivity contribution in [2.45, 2.75) is 45.6 Å². The van der Waals surface area contributed by atoms with Crippen molar-refractivity contribution in [3.8, 4) is 0 Å². The molecule has 2 atom stereocenters. The van der Waals surface area contributed by atoms with Crippen molar-refractivity contribution < 1.29 is 9.59 Å². The first-order valence-corrected chi connectivity index (χ1v) is 7.95. The van der Waals surface area contributed by atoms with Gasteiger partial charge in [0.25, 0.3) is 5.91 Å². The van der Waals surface area contributed by atoms with E-state index in [-0.39, 0.29) is 23.8 Å². The Hall–Kier alpha value is -1.36. The number of nitrogens with one attached hydrogen (secondary N) is 2. The van der Waals surface area contributed by atoms with Gasteiger partial charge in [-0.05, 0) is 36.8 Å². The zero-order valence-corrected chi connectivity index (χ0v) is 13.4. The van der Waals surface area contributed by atoms with Crippen molar-refractivity contribution in [3.05, 3.63) is 12.2 Å². The van der Waals surface area contributed by atoms with Gasteiger partial charge < -0.3 is 10.6 Å². The van der Waals surface area contributed by atoms with Gasteiger partial charge in [-0.3, -0.25) is 9.69 Å². The summed E-state index contributed by atoms with van der Waals surface area (Å²) >= 11 is 0. The molecule has 2 rings (SSSR count). The molecule has 21 heavy (non-hydrogen) atoms. The predicted molar refractivity (Wildman–Crippen MR) is 82.8 cm³/mol. The molecule has 118 valence electrons. The van der Waals surface area contributed by atoms with E-state index in [1.54, 1.807) is 0 Å². The Morgan fingerprint density at radius 2 is 2.00 bits per heavy atom. The van der Waals surface area contributed by atoms with Gasteiger partial charge in [-0.2, -0.15) is 0 Å². The molecule has 1 aliphatic carbocycles. The molecule has 5 heteroatoms. The first-order valence-electron chi connectivity index (χ1n) is 7.95. The second-order valence-electron chi connectivity index (χ2n) is 6.45. The maximum atomic E-state index is 12.9. The summed E-state index contributed by atoms with van der Waals surface area (Å²) in [7, 11) is 0. The van der Waals surface area contributed by atoms with E-state index >= 15 is 0 Å². The van der Waals surface area contributed by atoms with Gasteiger partial charge in [-0.1, -0.05) is 33.8 Å². The number of carbonyl (C=O) groups is 2. The Morgan fingerprint density at radius 3 is 2.57 bits per heavy atom. The van der Waals surface area contributed by atoms with E-state index in [9.17, 15) is 9.59 Å². The standard InChI is InChI=1S/C16H27N3O2/c1-5-17-9-11(2)10-19-14(20)16(18-15(19)21)12(3)7-6-8-13(16)4/h12-13,17H,2,5-10H2,1,3-4H3,(H,18,21). The summed E-state index contributed by atoms with van der Waals surface area (Å²) in [6, 6.07) is -0.266. The second kappa shape index (κ2) is 6.18. The van der Waals surface area contributed by atoms with Crippen LogP contribution < -0.4 is 10.6 Å². The number of hydrogen-bond donors (Lipinski definition) is 2. The van der Waals surface area contributed by atoms with Crippen molar-refractivity contribution in [1.82, 2.24) is 15.5 Å². The van der Waals surface area contributed by atoms with Crippen LogP contribution in [0, 0.1) is 11.8 Å². The smallest absolute Gasteiger partial charge is 0.323 e. The Labute approximate surface area is 127 Å². The average Bonchev–Trinajstić information content (AvgIpc) is 2.69. The van der Waals surface area contributed by atoms with E-state index in [1.807, 2.05) is 6.92 Å². The number of nitrogens with zero attached hydrogens (tertiary/aromatic N) is 1. The number of urea groups is 1. The monoisotopic (exact) mass is 293 g/mol. The lowest BCUT2D eigenvalue weighted by Gasteiger charge is -2.42. The van der Waals surface area contributed by atoms with Crippen LogP contribution in [0.3, 0.4) is 0 Å². The van der Waals surface area contributed by atoms with Crippen molar-refractivity contribution in [2.75, 3.05) is 19.6 Å². The lowest BCUT2D eigenvalue weighted by Crippen LogP contribution is -2.58. The Morgan fingerprint density at radius 1 is 1.38 bits per heavy atom. The molecule has 1 spiro atoms. The largest absolute Gasteiger partial charge is 0.325 e. The number of rotatable bonds is 5. The molecule has 1 aliphatic heterocycles. The van der Waals surface area contributed by atoms with Crippen LogP contribution in [-0.4, -0.2) is 42.0 Å². The molecule has 1 saturated carbocycles. The van der Waals surface area contributed by atoms with Crippen molar-refractivity contribution >= 4 is 11.9 Å². The highest BCUT2D eigenvalue weighted by Crippen LogP contribution is 2.42. The molecular formula is C16H27N3O2. The maximum Gasteiger partial charge on any atom is 0.325 e. The van der Waals surface area contributed by atoms with Crippen LogP contribution in [0.1, 0.15) is 40.0 Å². The van der Waals surface area contributed by atoms with Crippen molar-refractivity contribution in [3.63, 3.8) is 0 Å². The van der Waals surface area contributed by atoms with Crippen LogP contribution in [-0.2, 0) is 4.79 Å². The van der Waals surface area contributed by atoms with Gasteiger partial charge >= 0.3 is 6.03 Å². The van der Waals surface area contributed by atoms with E-state index < -0.39 is 5.54 Å². The van der Waals surface area contributed by atoms with Crippen LogP contribution >= 0.6 is 0 Å². The van der Waals surface area contributed by atoms with Gasteiger partial charge in [0.05, 0.1) is 6.54 Å². The quantitative estimate of drug-likeness (QED) is 0.601. The van der Waals surface area contributed by atoms with Gasteiger partial charge in [-0.15, -0.1) is 0 Å². The van der Waals surface area contributed by atoms with Gasteiger partial charge in [0.2, 0.25) is 0 Å². The molecule has 0 aromatic rings. The van der Waals surface area contributed by atoms with Crippen LogP contribution in [0.2, 0.25) is 0 Å². The van der Waals surface area contributed by atoms with E-state index in [0.29, 0.717) is 13.1 Å². The minimum atomic E-state index is -0.701. The molecule has 0 bridgehead atoms. The zero-order chi connectivity index (χ0) is 15.6. The lowest BCUT2D eigenvalue weighted by molar-refractivity contribution is -0.136. The maximum absolute atomic E-state index is 12.9. The third-order valence-corrected chi connectivity index (χ3v) is 4.99. The van der Waals surface area contributed by atoms with Gasteiger partial charge in [-0.25, -0.2) is 4.79 Å². The number of hydrogen-bond acceptors (Lipinski definition) is 3. The van der Waals surface area contributed by atoms with E-state index in [1.165, 1.54) is 4.90 Å². The van der Waals surface area contributed by atoms with Crippen LogP contribution in [0.25, 0.3) is 0 Å². The molecule has 0 aromatic carbocycles. The van der Waals surface area contributed by atoms with E-state index in [4.69, 9.17) is 0 Å². The summed E-state index contributed by atoms with van der Waals surface area (Å²) < 4.78 is 0. The summed E-state index contributed by atoms with van der Waals surface area (Å²) in [5.41, 5.74) is 0.155. The third-order valence-electron chi connectivity index (χ3n) is 4.99. The van der Waals surface area contributed by atoms with Gasteiger partial charge in [0.15, 0.2) is 0 Å². The summed E-state index contributed by atoms with van der Waals surface area (Å²) in [5, 5.41) is 6.18. The lowest BCUT2D eigenvalue weighted by atomic mass is 9.67. The molecule has 5 nitrogen and oxygen atoms in total. The highest BCUT2D eigenvalue weighted by atomic mass is 16.2. The number of imide groups is 1. The number of amides is 3. The van der Waals surface area contributed by atoms with E-state index in [0.717, 1.165) is 31.4 Å². The second-order valence-corrected chi connectivity index (χ2v) is 6.45. The summed E-state index contributed by atoms with van der Waals surface area (Å²) in [4.78, 5) is 26.5. The SMILES string of the molecule is C=C(CNCC)CN1C(=O)NC2(C1=O)C(C)CCCC2C. The minimum Gasteiger partial charge on any atom is -0.323 e. The minimum absolute atomic E-state index is 0.0650. The summed E-state index contributed by atoms with van der Waals surface area (Å²) in [6.45, 7) is 11.9. The summed E-state index contributed by atoms with van der Waals surface area (Å²) in [6.07, 6.45) is 3.10. The fourth-order valence-corrected chi connectivity index (χ4v) is 3.68. The van der Waals surface area contributed by atoms with Crippen LogP contribution in [0.5, 0.6) is 0 Å². The molecule has 1 heterocycles. The molecule has 1 saturated heterocycles. The first kappa shape index (κ1) is 16.0. The molecule has 2 unspecified atom stereocenters. The van der Waals surface area contributed by atoms with Gasteiger partial charge in [0, 0.05) is 6.54 Å². The molecule has 3 amide bonds. The fraction of sp³-hybridized carbons (Fsp3) is 0.750. The number of likely N-dealkylation sites (N-methyl/N-ethyl adjacent to an activating group) is 1. The molecule has 2 aliphatic rings. The third kappa shape index (κ3) is 2.71. The van der Waals surface area contributed by atoms with Gasteiger partial charge in [0.1, 0.15) is 5.54 Å². The highest BCUT2D eigenvalue weighted by Gasteiger charge is 2.58. The zero-order valence-electron chi connectivity index (χ0n) is 13.4. The molecular weight excluding hydrogens is 266 g/mol. The fourth-order valence-electron chi connectivity index (χ4n) is 3.68. The Balaban J connectivity index is 2.14. The molecule has 0 aromatic heterocycles. The van der Waals surface area contributed by atoms with Crippen molar-refractivity contribution in [1.29, 1.82) is 0 Å². The highest BCUT2D eigenvalue weighted by molar-refractivity contribution is 6.07. The summed E-state index contributed by atoms with van der Waals surface area (Å²) in [5.74, 6) is 0.305. The average molecular weight is 293 g/mol. The van der Waals surface area contributed by atoms with Crippen molar-refractivity contribution in [2.24, 2.45) is 11.8 Å². The molecule has 2 N–H and O–H groups in total. The Bertz CT molecular complexity index is 437. The van der Waals surface area contributed by atoms with E-state index in [2.05, 4.69) is 31.1 Å². The molecule has 0 radical (unpaired) electrons. The Kier molecular flexibility index (Phi) is 4.71.